The number of carbonyl (C=O) groups excluding carboxylic acids is 1. The molecule has 1 aliphatic rings. The Morgan fingerprint density at radius 2 is 1.76 bits per heavy atom. The second kappa shape index (κ2) is 7.14. The van der Waals surface area contributed by atoms with E-state index in [1.807, 2.05) is 12.1 Å². The van der Waals surface area contributed by atoms with Gasteiger partial charge >= 0.3 is 0 Å². The highest BCUT2D eigenvalue weighted by molar-refractivity contribution is 7.91. The Labute approximate surface area is 146 Å². The Morgan fingerprint density at radius 3 is 2.36 bits per heavy atom. The first kappa shape index (κ1) is 17.3. The molecule has 1 fully saturated rings. The van der Waals surface area contributed by atoms with E-state index in [4.69, 9.17) is 9.47 Å². The molecule has 0 aliphatic carbocycles. The van der Waals surface area contributed by atoms with Crippen molar-refractivity contribution >= 4 is 21.4 Å². The molecule has 1 heterocycles. The predicted molar refractivity (Wildman–Crippen MR) is 94.9 cm³/mol. The number of carbonyl (C=O) groups is 1. The van der Waals surface area contributed by atoms with Gasteiger partial charge in [0.25, 0.3) is 0 Å². The number of para-hydroxylation sites is 2. The van der Waals surface area contributed by atoms with Crippen LogP contribution in [-0.2, 0) is 14.6 Å². The molecule has 25 heavy (non-hydrogen) atoms. The van der Waals surface area contributed by atoms with Crippen LogP contribution in [0.1, 0.15) is 6.42 Å². The average Bonchev–Trinajstić information content (AvgIpc) is 2.97. The van der Waals surface area contributed by atoms with Gasteiger partial charge in [-0.25, -0.2) is 8.42 Å². The molecule has 1 saturated heterocycles. The summed E-state index contributed by atoms with van der Waals surface area (Å²) >= 11 is 0. The third-order valence-corrected chi connectivity index (χ3v) is 5.79. The van der Waals surface area contributed by atoms with Crippen molar-refractivity contribution in [2.24, 2.45) is 5.92 Å². The molecule has 1 aliphatic heterocycles. The van der Waals surface area contributed by atoms with E-state index in [0.29, 0.717) is 29.4 Å². The van der Waals surface area contributed by atoms with Crippen LogP contribution in [0.25, 0.3) is 0 Å². The Balaban J connectivity index is 1.63. The lowest BCUT2D eigenvalue weighted by molar-refractivity contribution is -0.119. The zero-order valence-corrected chi connectivity index (χ0v) is 14.6. The summed E-state index contributed by atoms with van der Waals surface area (Å²) in [5, 5.41) is 2.75. The van der Waals surface area contributed by atoms with Crippen molar-refractivity contribution in [3.05, 3.63) is 48.5 Å². The zero-order chi connectivity index (χ0) is 17.9. The number of methoxy groups -OCH3 is 1. The minimum absolute atomic E-state index is 0.0756. The molecule has 1 amide bonds. The summed E-state index contributed by atoms with van der Waals surface area (Å²) in [5.41, 5.74) is 0.599. The van der Waals surface area contributed by atoms with E-state index >= 15 is 0 Å². The van der Waals surface area contributed by atoms with Crippen molar-refractivity contribution in [2.75, 3.05) is 23.9 Å². The van der Waals surface area contributed by atoms with Crippen LogP contribution in [0.5, 0.6) is 17.2 Å². The predicted octanol–water partition coefficient (Wildman–Crippen LogP) is 2.86. The first-order chi connectivity index (χ1) is 12.0. The lowest BCUT2D eigenvalue weighted by Gasteiger charge is -2.12. The average molecular weight is 361 g/mol. The van der Waals surface area contributed by atoms with Crippen LogP contribution in [0.15, 0.2) is 48.5 Å². The molecular formula is C18H19NO5S. The van der Waals surface area contributed by atoms with Crippen LogP contribution in [0, 0.1) is 5.92 Å². The standard InChI is InChI=1S/C18H19NO5S/c1-23-16-4-2-3-5-17(16)24-15-8-6-14(7-9-15)19-18(20)13-10-11-25(21,22)12-13/h2-9,13H,10-12H2,1H3,(H,19,20)/t13-/m0/s1. The van der Waals surface area contributed by atoms with Crippen LogP contribution in [0.4, 0.5) is 5.69 Å². The van der Waals surface area contributed by atoms with Crippen molar-refractivity contribution in [1.82, 2.24) is 0 Å². The molecule has 2 aromatic rings. The molecule has 1 atom stereocenters. The molecule has 6 nitrogen and oxygen atoms in total. The second-order valence-electron chi connectivity index (χ2n) is 5.87. The highest BCUT2D eigenvalue weighted by Crippen LogP contribution is 2.31. The summed E-state index contributed by atoms with van der Waals surface area (Å²) in [6.07, 6.45) is 0.378. The van der Waals surface area contributed by atoms with Crippen LogP contribution < -0.4 is 14.8 Å². The maximum atomic E-state index is 12.1. The lowest BCUT2D eigenvalue weighted by Crippen LogP contribution is -2.23. The molecule has 3 rings (SSSR count). The summed E-state index contributed by atoms with van der Waals surface area (Å²) in [6, 6.07) is 14.2. The Bertz CT molecular complexity index is 861. The molecule has 0 saturated carbocycles. The Hall–Kier alpha value is -2.54. The Kier molecular flexibility index (Phi) is 4.94. The minimum atomic E-state index is -3.07. The van der Waals surface area contributed by atoms with E-state index in [-0.39, 0.29) is 17.4 Å². The number of hydrogen-bond donors (Lipinski definition) is 1. The summed E-state index contributed by atoms with van der Waals surface area (Å²) in [4.78, 5) is 12.1. The number of sulfone groups is 1. The monoisotopic (exact) mass is 361 g/mol. The maximum absolute atomic E-state index is 12.1. The van der Waals surface area contributed by atoms with Crippen molar-refractivity contribution in [2.45, 2.75) is 6.42 Å². The van der Waals surface area contributed by atoms with Gasteiger partial charge in [0, 0.05) is 5.69 Å². The fourth-order valence-corrected chi connectivity index (χ4v) is 4.42. The van der Waals surface area contributed by atoms with Gasteiger partial charge in [0.05, 0.1) is 24.5 Å². The molecule has 0 bridgehead atoms. The fraction of sp³-hybridized carbons (Fsp3) is 0.278. The van der Waals surface area contributed by atoms with Gasteiger partial charge in [0.1, 0.15) is 5.75 Å². The topological polar surface area (TPSA) is 81.7 Å². The van der Waals surface area contributed by atoms with E-state index in [1.54, 1.807) is 43.5 Å². The molecule has 132 valence electrons. The van der Waals surface area contributed by atoms with Gasteiger partial charge in [-0.05, 0) is 42.8 Å². The molecule has 0 spiro atoms. The fourth-order valence-electron chi connectivity index (χ4n) is 2.68. The third kappa shape index (κ3) is 4.30. The number of benzene rings is 2. The van der Waals surface area contributed by atoms with Crippen molar-refractivity contribution in [1.29, 1.82) is 0 Å². The Morgan fingerprint density at radius 1 is 1.08 bits per heavy atom. The second-order valence-corrected chi connectivity index (χ2v) is 8.10. The van der Waals surface area contributed by atoms with E-state index in [2.05, 4.69) is 5.32 Å². The molecule has 0 aromatic heterocycles. The molecule has 7 heteroatoms. The largest absolute Gasteiger partial charge is 0.493 e. The number of ether oxygens (including phenoxy) is 2. The van der Waals surface area contributed by atoms with Crippen LogP contribution >= 0.6 is 0 Å². The summed E-state index contributed by atoms with van der Waals surface area (Å²) < 4.78 is 33.9. The highest BCUT2D eigenvalue weighted by atomic mass is 32.2. The summed E-state index contributed by atoms with van der Waals surface area (Å²) in [5.74, 6) is 1.09. The SMILES string of the molecule is COc1ccccc1Oc1ccc(NC(=O)[C@H]2CCS(=O)(=O)C2)cc1. The number of amides is 1. The van der Waals surface area contributed by atoms with E-state index in [1.165, 1.54) is 0 Å². The van der Waals surface area contributed by atoms with Gasteiger partial charge in [0.2, 0.25) is 5.91 Å². The van der Waals surface area contributed by atoms with Crippen LogP contribution in [0.3, 0.4) is 0 Å². The van der Waals surface area contributed by atoms with Gasteiger partial charge in [-0.3, -0.25) is 4.79 Å². The number of anilines is 1. The first-order valence-corrected chi connectivity index (χ1v) is 9.71. The number of nitrogens with one attached hydrogen (secondary N) is 1. The van der Waals surface area contributed by atoms with E-state index in [0.717, 1.165) is 0 Å². The first-order valence-electron chi connectivity index (χ1n) is 7.89. The van der Waals surface area contributed by atoms with Gasteiger partial charge in [0.15, 0.2) is 21.3 Å². The lowest BCUT2D eigenvalue weighted by atomic mass is 10.1. The summed E-state index contributed by atoms with van der Waals surface area (Å²) in [6.45, 7) is 0. The molecule has 0 unspecified atom stereocenters. The maximum Gasteiger partial charge on any atom is 0.228 e. The number of rotatable bonds is 5. The van der Waals surface area contributed by atoms with Crippen molar-refractivity contribution in [3.63, 3.8) is 0 Å². The van der Waals surface area contributed by atoms with E-state index < -0.39 is 15.8 Å². The smallest absolute Gasteiger partial charge is 0.228 e. The van der Waals surface area contributed by atoms with Crippen LogP contribution in [-0.4, -0.2) is 32.9 Å². The third-order valence-electron chi connectivity index (χ3n) is 4.02. The highest BCUT2D eigenvalue weighted by Gasteiger charge is 2.32. The molecular weight excluding hydrogens is 342 g/mol. The number of hydrogen-bond acceptors (Lipinski definition) is 5. The van der Waals surface area contributed by atoms with Crippen LogP contribution in [0.2, 0.25) is 0 Å². The molecule has 1 N–H and O–H groups in total. The summed E-state index contributed by atoms with van der Waals surface area (Å²) in [7, 11) is -1.50. The van der Waals surface area contributed by atoms with Crippen molar-refractivity contribution in [3.8, 4) is 17.2 Å². The van der Waals surface area contributed by atoms with Gasteiger partial charge in [-0.1, -0.05) is 12.1 Å². The quantitative estimate of drug-likeness (QED) is 0.885. The van der Waals surface area contributed by atoms with Gasteiger partial charge in [-0.15, -0.1) is 0 Å². The normalized spacial score (nSPS) is 18.5. The molecule has 0 radical (unpaired) electrons. The zero-order valence-electron chi connectivity index (χ0n) is 13.8. The molecule has 2 aromatic carbocycles. The van der Waals surface area contributed by atoms with Gasteiger partial charge < -0.3 is 14.8 Å². The minimum Gasteiger partial charge on any atom is -0.493 e. The van der Waals surface area contributed by atoms with Gasteiger partial charge in [-0.2, -0.15) is 0 Å². The van der Waals surface area contributed by atoms with E-state index in [9.17, 15) is 13.2 Å². The van der Waals surface area contributed by atoms with Crippen molar-refractivity contribution < 1.29 is 22.7 Å².